The lowest BCUT2D eigenvalue weighted by atomic mass is 10.0. The molecule has 0 unspecified atom stereocenters. The molecular formula is C12H20O6. The van der Waals surface area contributed by atoms with Crippen LogP contribution in [0.15, 0.2) is 0 Å². The molecule has 3 fully saturated rings. The average molecular weight is 260 g/mol. The second kappa shape index (κ2) is 3.65. The van der Waals surface area contributed by atoms with Gasteiger partial charge in [-0.3, -0.25) is 0 Å². The largest absolute Gasteiger partial charge is 0.385 e. The van der Waals surface area contributed by atoms with Crippen LogP contribution in [-0.4, -0.2) is 54.0 Å². The third-order valence-corrected chi connectivity index (χ3v) is 3.53. The van der Waals surface area contributed by atoms with Gasteiger partial charge in [0.15, 0.2) is 11.6 Å². The van der Waals surface area contributed by atoms with Crippen molar-refractivity contribution in [2.45, 2.75) is 63.4 Å². The van der Waals surface area contributed by atoms with Crippen LogP contribution in [0.2, 0.25) is 0 Å². The maximum Gasteiger partial charge on any atom is 0.224 e. The summed E-state index contributed by atoms with van der Waals surface area (Å²) in [5.74, 6) is -2.61. The number of rotatable bonds is 0. The van der Waals surface area contributed by atoms with Crippen LogP contribution in [0.3, 0.4) is 0 Å². The van der Waals surface area contributed by atoms with Crippen molar-refractivity contribution >= 4 is 0 Å². The maximum absolute atomic E-state index is 10.4. The van der Waals surface area contributed by atoms with Gasteiger partial charge in [-0.05, 0) is 27.7 Å². The van der Waals surface area contributed by atoms with Gasteiger partial charge in [0.25, 0.3) is 0 Å². The third kappa shape index (κ3) is 1.88. The minimum Gasteiger partial charge on any atom is -0.385 e. The Hall–Kier alpha value is -0.240. The molecule has 18 heavy (non-hydrogen) atoms. The highest BCUT2D eigenvalue weighted by atomic mass is 16.9. The van der Waals surface area contributed by atoms with Crippen molar-refractivity contribution in [3.05, 3.63) is 0 Å². The Morgan fingerprint density at radius 3 is 2.33 bits per heavy atom. The fraction of sp³-hybridized carbons (Fsp3) is 1.00. The Morgan fingerprint density at radius 2 is 1.72 bits per heavy atom. The lowest BCUT2D eigenvalue weighted by Gasteiger charge is -2.37. The Kier molecular flexibility index (Phi) is 2.59. The summed E-state index contributed by atoms with van der Waals surface area (Å²) in [6.07, 6.45) is -1.66. The molecular weight excluding hydrogens is 240 g/mol. The second-order valence-corrected chi connectivity index (χ2v) is 6.00. The summed E-state index contributed by atoms with van der Waals surface area (Å²) in [6.45, 7) is 7.79. The summed E-state index contributed by atoms with van der Waals surface area (Å²) < 4.78 is 28.3. The number of fused-ring (bicyclic) bond motifs is 1. The lowest BCUT2D eigenvalue weighted by molar-refractivity contribution is -0.303. The molecule has 0 amide bonds. The molecule has 0 aliphatic carbocycles. The van der Waals surface area contributed by atoms with Gasteiger partial charge in [-0.2, -0.15) is 0 Å². The molecule has 0 bridgehead atoms. The number of hydrogen-bond acceptors (Lipinski definition) is 6. The van der Waals surface area contributed by atoms with Crippen LogP contribution in [0.25, 0.3) is 0 Å². The molecule has 0 saturated carbocycles. The second-order valence-electron chi connectivity index (χ2n) is 6.00. The van der Waals surface area contributed by atoms with Crippen molar-refractivity contribution < 1.29 is 28.8 Å². The van der Waals surface area contributed by atoms with E-state index in [0.29, 0.717) is 6.61 Å². The number of hydrogen-bond donors (Lipinski definition) is 1. The van der Waals surface area contributed by atoms with E-state index in [-0.39, 0.29) is 12.7 Å². The van der Waals surface area contributed by atoms with Crippen LogP contribution in [0.1, 0.15) is 27.7 Å². The number of aliphatic hydroxyl groups excluding tert-OH is 1. The predicted octanol–water partition coefficient (Wildman–Crippen LogP) is 0.377. The first kappa shape index (κ1) is 12.8. The zero-order valence-electron chi connectivity index (χ0n) is 11.1. The van der Waals surface area contributed by atoms with E-state index < -0.39 is 29.6 Å². The molecule has 1 N–H and O–H groups in total. The highest BCUT2D eigenvalue weighted by Crippen LogP contribution is 2.45. The highest BCUT2D eigenvalue weighted by molar-refractivity contribution is 5.02. The van der Waals surface area contributed by atoms with Gasteiger partial charge in [-0.1, -0.05) is 0 Å². The van der Waals surface area contributed by atoms with Gasteiger partial charge >= 0.3 is 0 Å². The molecule has 0 radical (unpaired) electrons. The molecule has 4 atom stereocenters. The monoisotopic (exact) mass is 260 g/mol. The summed E-state index contributed by atoms with van der Waals surface area (Å²) in [5, 5.41) is 10.4. The van der Waals surface area contributed by atoms with Gasteiger partial charge in [0.05, 0.1) is 6.61 Å². The van der Waals surface area contributed by atoms with Crippen LogP contribution < -0.4 is 0 Å². The van der Waals surface area contributed by atoms with Crippen molar-refractivity contribution in [3.63, 3.8) is 0 Å². The summed E-state index contributed by atoms with van der Waals surface area (Å²) in [4.78, 5) is 0. The highest BCUT2D eigenvalue weighted by Gasteiger charge is 2.64. The molecule has 6 heteroatoms. The van der Waals surface area contributed by atoms with Crippen molar-refractivity contribution in [1.29, 1.82) is 0 Å². The fourth-order valence-electron chi connectivity index (χ4n) is 2.71. The van der Waals surface area contributed by atoms with E-state index in [1.807, 2.05) is 13.8 Å². The Labute approximate surface area is 106 Å². The van der Waals surface area contributed by atoms with Gasteiger partial charge < -0.3 is 28.8 Å². The summed E-state index contributed by atoms with van der Waals surface area (Å²) in [5.41, 5.74) is 0. The molecule has 3 saturated heterocycles. The average Bonchev–Trinajstić information content (AvgIpc) is 2.68. The quantitative estimate of drug-likeness (QED) is 0.679. The molecule has 104 valence electrons. The van der Waals surface area contributed by atoms with Gasteiger partial charge in [0, 0.05) is 0 Å². The lowest BCUT2D eigenvalue weighted by Crippen LogP contribution is -2.52. The van der Waals surface area contributed by atoms with Gasteiger partial charge in [0.1, 0.15) is 24.9 Å². The minimum atomic E-state index is -1.14. The van der Waals surface area contributed by atoms with Gasteiger partial charge in [-0.25, -0.2) is 0 Å². The first-order valence-electron chi connectivity index (χ1n) is 6.25. The van der Waals surface area contributed by atoms with Gasteiger partial charge in [-0.15, -0.1) is 0 Å². The smallest absolute Gasteiger partial charge is 0.224 e. The zero-order valence-corrected chi connectivity index (χ0v) is 11.1. The minimum absolute atomic E-state index is 0.192. The van der Waals surface area contributed by atoms with E-state index >= 15 is 0 Å². The van der Waals surface area contributed by atoms with Crippen molar-refractivity contribution in [2.24, 2.45) is 0 Å². The van der Waals surface area contributed by atoms with Crippen LogP contribution >= 0.6 is 0 Å². The van der Waals surface area contributed by atoms with Crippen LogP contribution in [0, 0.1) is 0 Å². The van der Waals surface area contributed by atoms with E-state index in [1.165, 1.54) is 0 Å². The Bertz CT molecular complexity index is 352. The summed E-state index contributed by atoms with van der Waals surface area (Å²) in [6, 6.07) is 0. The summed E-state index contributed by atoms with van der Waals surface area (Å²) >= 11 is 0. The standard InChI is InChI=1S/C12H20O6/c1-10(2)14-5-7-8(17-10)9(13)12(16-7)6-15-11(3,4)18-12/h7-9,13H,5-6H2,1-4H3/t7-,8-,9-,12-/m0/s1. The normalized spacial score (nSPS) is 49.5. The van der Waals surface area contributed by atoms with E-state index in [2.05, 4.69) is 0 Å². The van der Waals surface area contributed by atoms with Gasteiger partial charge in [0.2, 0.25) is 5.79 Å². The van der Waals surface area contributed by atoms with Crippen molar-refractivity contribution in [3.8, 4) is 0 Å². The van der Waals surface area contributed by atoms with E-state index in [1.54, 1.807) is 13.8 Å². The number of aliphatic hydroxyl groups is 1. The molecule has 3 rings (SSSR count). The first-order chi connectivity index (χ1) is 8.23. The van der Waals surface area contributed by atoms with E-state index in [0.717, 1.165) is 0 Å². The predicted molar refractivity (Wildman–Crippen MR) is 59.6 cm³/mol. The van der Waals surface area contributed by atoms with E-state index in [4.69, 9.17) is 23.7 Å². The van der Waals surface area contributed by atoms with Crippen LogP contribution in [-0.2, 0) is 23.7 Å². The molecule has 3 heterocycles. The fourth-order valence-corrected chi connectivity index (χ4v) is 2.71. The molecule has 3 aliphatic rings. The van der Waals surface area contributed by atoms with Crippen molar-refractivity contribution in [1.82, 2.24) is 0 Å². The molecule has 3 aliphatic heterocycles. The third-order valence-electron chi connectivity index (χ3n) is 3.53. The molecule has 0 aromatic heterocycles. The molecule has 0 aromatic rings. The van der Waals surface area contributed by atoms with Crippen molar-refractivity contribution in [2.75, 3.05) is 13.2 Å². The van der Waals surface area contributed by atoms with Crippen LogP contribution in [0.4, 0.5) is 0 Å². The molecule has 6 nitrogen and oxygen atoms in total. The Morgan fingerprint density at radius 1 is 1.00 bits per heavy atom. The SMILES string of the molecule is CC1(C)OC[C@@H]2O[C@]3(COC(C)(C)O3)[C@@H](O)[C@H]2O1. The topological polar surface area (TPSA) is 66.4 Å². The number of ether oxygens (including phenoxy) is 5. The summed E-state index contributed by atoms with van der Waals surface area (Å²) in [7, 11) is 0. The molecule has 0 aromatic carbocycles. The zero-order chi connectivity index (χ0) is 13.2. The maximum atomic E-state index is 10.4. The van der Waals surface area contributed by atoms with Crippen LogP contribution in [0.5, 0.6) is 0 Å². The Balaban J connectivity index is 1.82. The first-order valence-corrected chi connectivity index (χ1v) is 6.25. The van der Waals surface area contributed by atoms with E-state index in [9.17, 15) is 5.11 Å². The molecule has 1 spiro atoms.